The Balaban J connectivity index is 3.04. The largest absolute Gasteiger partial charge is 0.295 e. The molecule has 0 N–H and O–H groups in total. The van der Waals surface area contributed by atoms with Crippen LogP contribution in [0.15, 0.2) is 23.3 Å². The summed E-state index contributed by atoms with van der Waals surface area (Å²) in [6.07, 6.45) is 7.35. The molecule has 0 saturated carbocycles. The van der Waals surface area contributed by atoms with Crippen molar-refractivity contribution in [2.24, 2.45) is 11.3 Å². The molecular weight excluding hydrogens is 222 g/mol. The fraction of sp³-hybridized carbons (Fsp3) is 0.625. The van der Waals surface area contributed by atoms with Gasteiger partial charge in [0, 0.05) is 6.42 Å². The molecule has 2 heteroatoms. The van der Waals surface area contributed by atoms with Crippen molar-refractivity contribution in [2.45, 2.75) is 53.4 Å². The molecule has 0 fully saturated rings. The molecule has 98 valence electrons. The molecule has 0 spiro atoms. The van der Waals surface area contributed by atoms with Gasteiger partial charge >= 0.3 is 0 Å². The van der Waals surface area contributed by atoms with Gasteiger partial charge in [-0.05, 0) is 44.1 Å². The Hall–Kier alpha value is -1.36. The van der Waals surface area contributed by atoms with Crippen molar-refractivity contribution in [2.75, 3.05) is 0 Å². The van der Waals surface area contributed by atoms with E-state index in [1.165, 1.54) is 5.57 Å². The Kier molecular flexibility index (Phi) is 4.90. The molecule has 0 saturated heterocycles. The van der Waals surface area contributed by atoms with Crippen LogP contribution in [0.4, 0.5) is 0 Å². The molecule has 0 aliphatic heterocycles. The second kappa shape index (κ2) is 6.00. The van der Waals surface area contributed by atoms with Crippen LogP contribution >= 0.6 is 0 Å². The molecule has 0 aromatic carbocycles. The van der Waals surface area contributed by atoms with Gasteiger partial charge in [-0.2, -0.15) is 5.26 Å². The summed E-state index contributed by atoms with van der Waals surface area (Å²) in [6, 6.07) is 2.32. The quantitative estimate of drug-likeness (QED) is 0.600. The SMILES string of the molecule is C/C1=C/CC/C(C)=C/CC(C)(C)C(C#N)CC1=O. The maximum Gasteiger partial charge on any atom is 0.159 e. The van der Waals surface area contributed by atoms with E-state index in [0.717, 1.165) is 24.8 Å². The van der Waals surface area contributed by atoms with Crippen molar-refractivity contribution in [3.8, 4) is 6.07 Å². The van der Waals surface area contributed by atoms with E-state index in [-0.39, 0.29) is 17.1 Å². The van der Waals surface area contributed by atoms with Crippen molar-refractivity contribution in [1.82, 2.24) is 0 Å². The van der Waals surface area contributed by atoms with Gasteiger partial charge in [0.15, 0.2) is 5.78 Å². The maximum absolute atomic E-state index is 12.0. The topological polar surface area (TPSA) is 40.9 Å². The molecule has 1 rings (SSSR count). The smallest absolute Gasteiger partial charge is 0.159 e. The van der Waals surface area contributed by atoms with Gasteiger partial charge in [-0.25, -0.2) is 0 Å². The molecule has 0 radical (unpaired) electrons. The van der Waals surface area contributed by atoms with Gasteiger partial charge < -0.3 is 0 Å². The summed E-state index contributed by atoms with van der Waals surface area (Å²) in [6.45, 7) is 8.14. The van der Waals surface area contributed by atoms with E-state index in [2.05, 4.69) is 32.9 Å². The Labute approximate surface area is 110 Å². The molecule has 1 aliphatic rings. The Morgan fingerprint density at radius 2 is 2.00 bits per heavy atom. The highest BCUT2D eigenvalue weighted by Gasteiger charge is 2.30. The number of allylic oxidation sites excluding steroid dienone is 4. The zero-order chi connectivity index (χ0) is 13.8. The lowest BCUT2D eigenvalue weighted by molar-refractivity contribution is -0.116. The van der Waals surface area contributed by atoms with Gasteiger partial charge in [0.05, 0.1) is 12.0 Å². The average Bonchev–Trinajstić information content (AvgIpc) is 2.33. The number of hydrogen-bond donors (Lipinski definition) is 0. The van der Waals surface area contributed by atoms with Crippen molar-refractivity contribution in [3.63, 3.8) is 0 Å². The fourth-order valence-corrected chi connectivity index (χ4v) is 2.15. The fourth-order valence-electron chi connectivity index (χ4n) is 2.15. The first-order chi connectivity index (χ1) is 8.36. The molecule has 0 amide bonds. The standard InChI is InChI=1S/C16H23NO/c1-12-6-5-7-13(2)15(18)10-14(11-17)16(3,4)9-8-12/h7-8,14H,5-6,9-10H2,1-4H3/b12-8+,13-7-. The number of nitriles is 1. The van der Waals surface area contributed by atoms with Gasteiger partial charge in [0.25, 0.3) is 0 Å². The van der Waals surface area contributed by atoms with Crippen molar-refractivity contribution in [3.05, 3.63) is 23.3 Å². The summed E-state index contributed by atoms with van der Waals surface area (Å²) in [5.41, 5.74) is 2.01. The summed E-state index contributed by atoms with van der Waals surface area (Å²) in [5, 5.41) is 9.30. The second-order valence-electron chi connectivity index (χ2n) is 5.98. The zero-order valence-corrected chi connectivity index (χ0v) is 11.9. The Bertz CT molecular complexity index is 421. The monoisotopic (exact) mass is 245 g/mol. The molecule has 0 aromatic heterocycles. The van der Waals surface area contributed by atoms with Crippen LogP contribution in [0, 0.1) is 22.7 Å². The summed E-state index contributed by atoms with van der Waals surface area (Å²) in [7, 11) is 0. The zero-order valence-electron chi connectivity index (χ0n) is 11.9. The Morgan fingerprint density at radius 1 is 1.33 bits per heavy atom. The Morgan fingerprint density at radius 3 is 2.61 bits per heavy atom. The predicted molar refractivity (Wildman–Crippen MR) is 73.9 cm³/mol. The second-order valence-corrected chi connectivity index (χ2v) is 5.98. The highest BCUT2D eigenvalue weighted by atomic mass is 16.1. The molecule has 0 heterocycles. The van der Waals surface area contributed by atoms with E-state index in [0.29, 0.717) is 6.42 Å². The number of ketones is 1. The third-order valence-electron chi connectivity index (χ3n) is 3.89. The van der Waals surface area contributed by atoms with Gasteiger partial charge in [0.1, 0.15) is 0 Å². The molecule has 1 atom stereocenters. The number of carbonyl (C=O) groups is 1. The summed E-state index contributed by atoms with van der Waals surface area (Å²) in [4.78, 5) is 12.0. The molecule has 1 unspecified atom stereocenters. The van der Waals surface area contributed by atoms with Crippen LogP contribution in [-0.4, -0.2) is 5.78 Å². The predicted octanol–water partition coefficient (Wildman–Crippen LogP) is 4.19. The van der Waals surface area contributed by atoms with Crippen LogP contribution in [0.25, 0.3) is 0 Å². The first-order valence-corrected chi connectivity index (χ1v) is 6.62. The maximum atomic E-state index is 12.0. The summed E-state index contributed by atoms with van der Waals surface area (Å²) < 4.78 is 0. The van der Waals surface area contributed by atoms with Crippen LogP contribution < -0.4 is 0 Å². The number of nitrogens with zero attached hydrogens (tertiary/aromatic N) is 1. The minimum absolute atomic E-state index is 0.120. The lowest BCUT2D eigenvalue weighted by Gasteiger charge is -2.28. The van der Waals surface area contributed by atoms with Gasteiger partial charge in [-0.15, -0.1) is 0 Å². The lowest BCUT2D eigenvalue weighted by Crippen LogP contribution is -2.25. The number of hydrogen-bond acceptors (Lipinski definition) is 2. The highest BCUT2D eigenvalue weighted by Crippen LogP contribution is 2.35. The minimum Gasteiger partial charge on any atom is -0.295 e. The first-order valence-electron chi connectivity index (χ1n) is 6.62. The van der Waals surface area contributed by atoms with Crippen molar-refractivity contribution >= 4 is 5.78 Å². The molecule has 0 bridgehead atoms. The van der Waals surface area contributed by atoms with E-state index in [1.807, 2.05) is 13.0 Å². The molecule has 1 aliphatic carbocycles. The van der Waals surface area contributed by atoms with Crippen molar-refractivity contribution in [1.29, 1.82) is 5.26 Å². The van der Waals surface area contributed by atoms with E-state index < -0.39 is 0 Å². The number of Topliss-reactive ketones (excluding diaryl/α,β-unsaturated/α-hetero) is 1. The molecule has 2 nitrogen and oxygen atoms in total. The molecule has 0 aromatic rings. The van der Waals surface area contributed by atoms with Gasteiger partial charge in [-0.1, -0.05) is 31.6 Å². The summed E-state index contributed by atoms with van der Waals surface area (Å²) >= 11 is 0. The third kappa shape index (κ3) is 3.84. The van der Waals surface area contributed by atoms with Crippen LogP contribution in [0.2, 0.25) is 0 Å². The van der Waals surface area contributed by atoms with Crippen LogP contribution in [0.5, 0.6) is 0 Å². The number of carbonyl (C=O) groups excluding carboxylic acids is 1. The van der Waals surface area contributed by atoms with Crippen molar-refractivity contribution < 1.29 is 4.79 Å². The molecular formula is C16H23NO. The lowest BCUT2D eigenvalue weighted by atomic mass is 9.74. The highest BCUT2D eigenvalue weighted by molar-refractivity contribution is 5.95. The summed E-state index contributed by atoms with van der Waals surface area (Å²) in [5.74, 6) is -0.0929. The van der Waals surface area contributed by atoms with Crippen LogP contribution in [-0.2, 0) is 4.79 Å². The first kappa shape index (κ1) is 14.7. The third-order valence-corrected chi connectivity index (χ3v) is 3.89. The average molecular weight is 245 g/mol. The number of rotatable bonds is 0. The van der Waals surface area contributed by atoms with Crippen LogP contribution in [0.1, 0.15) is 53.4 Å². The molecule has 18 heavy (non-hydrogen) atoms. The van der Waals surface area contributed by atoms with E-state index >= 15 is 0 Å². The van der Waals surface area contributed by atoms with Gasteiger partial charge in [-0.3, -0.25) is 4.79 Å². The van der Waals surface area contributed by atoms with Crippen LogP contribution in [0.3, 0.4) is 0 Å². The van der Waals surface area contributed by atoms with E-state index in [4.69, 9.17) is 0 Å². The normalized spacial score (nSPS) is 31.3. The van der Waals surface area contributed by atoms with Gasteiger partial charge in [0.2, 0.25) is 0 Å². The van der Waals surface area contributed by atoms with E-state index in [1.54, 1.807) is 0 Å². The minimum atomic E-state index is -0.213. The van der Waals surface area contributed by atoms with E-state index in [9.17, 15) is 10.1 Å².